The molecule has 0 aromatic heterocycles. The predicted octanol–water partition coefficient (Wildman–Crippen LogP) is 0.610. The van der Waals surface area contributed by atoms with E-state index in [2.05, 4.69) is 0 Å². The molecule has 54 valence electrons. The van der Waals surface area contributed by atoms with Crippen LogP contribution in [0.15, 0.2) is 0 Å². The van der Waals surface area contributed by atoms with Crippen molar-refractivity contribution in [2.45, 2.75) is 18.9 Å². The summed E-state index contributed by atoms with van der Waals surface area (Å²) >= 11 is 0. The first-order valence-electron chi connectivity index (χ1n) is 4.01. The van der Waals surface area contributed by atoms with Crippen LogP contribution in [0.25, 0.3) is 0 Å². The number of ketones is 1. The summed E-state index contributed by atoms with van der Waals surface area (Å²) in [4.78, 5) is 11.3. The molecule has 1 heterocycles. The number of Topliss-reactive ketones (excluding diaryl/α,β-unsaturated/α-hetero) is 1. The van der Waals surface area contributed by atoms with Gasteiger partial charge in [-0.05, 0) is 24.7 Å². The Labute approximate surface area is 59.6 Å². The van der Waals surface area contributed by atoms with Gasteiger partial charge in [-0.25, -0.2) is 0 Å². The highest BCUT2D eigenvalue weighted by Gasteiger charge is 2.56. The van der Waals surface area contributed by atoms with Crippen molar-refractivity contribution in [1.29, 1.82) is 0 Å². The average Bonchev–Trinajstić information content (AvgIpc) is 2.43. The lowest BCUT2D eigenvalue weighted by molar-refractivity contribution is -0.129. The van der Waals surface area contributed by atoms with Crippen LogP contribution in [-0.2, 0) is 9.53 Å². The molecule has 0 spiro atoms. The first kappa shape index (κ1) is 5.30. The molecule has 2 heteroatoms. The Morgan fingerprint density at radius 1 is 1.40 bits per heavy atom. The Balaban J connectivity index is 2.08. The van der Waals surface area contributed by atoms with Gasteiger partial charge in [-0.1, -0.05) is 0 Å². The fourth-order valence-corrected chi connectivity index (χ4v) is 2.83. The predicted molar refractivity (Wildman–Crippen MR) is 34.5 cm³/mol. The van der Waals surface area contributed by atoms with Crippen LogP contribution in [0.5, 0.6) is 0 Å². The normalized spacial score (nSPS) is 56.6. The maximum Gasteiger partial charge on any atom is 0.164 e. The van der Waals surface area contributed by atoms with Crippen molar-refractivity contribution in [3.8, 4) is 0 Å². The molecule has 0 aromatic carbocycles. The van der Waals surface area contributed by atoms with Crippen molar-refractivity contribution in [3.63, 3.8) is 0 Å². The molecule has 3 aliphatic rings. The maximum absolute atomic E-state index is 11.3. The molecule has 1 aliphatic heterocycles. The summed E-state index contributed by atoms with van der Waals surface area (Å²) in [6, 6.07) is 0. The number of hydrogen-bond donors (Lipinski definition) is 0. The molecular weight excluding hydrogens is 128 g/mol. The minimum Gasteiger partial charge on any atom is -0.370 e. The zero-order valence-corrected chi connectivity index (χ0v) is 5.75. The second kappa shape index (κ2) is 1.45. The second-order valence-electron chi connectivity index (χ2n) is 3.75. The van der Waals surface area contributed by atoms with E-state index in [4.69, 9.17) is 4.74 Å². The minimum atomic E-state index is 0.0312. The van der Waals surface area contributed by atoms with Crippen LogP contribution in [0.3, 0.4) is 0 Å². The molecular formula is C8H10O2. The number of hydrogen-bond acceptors (Lipinski definition) is 2. The van der Waals surface area contributed by atoms with Gasteiger partial charge in [0.2, 0.25) is 0 Å². The van der Waals surface area contributed by atoms with Gasteiger partial charge in [0.05, 0.1) is 6.61 Å². The molecule has 1 saturated heterocycles. The highest BCUT2D eigenvalue weighted by atomic mass is 16.5. The van der Waals surface area contributed by atoms with Gasteiger partial charge in [-0.3, -0.25) is 4.79 Å². The van der Waals surface area contributed by atoms with Gasteiger partial charge in [-0.2, -0.15) is 0 Å². The van der Waals surface area contributed by atoms with Crippen LogP contribution in [0, 0.1) is 17.8 Å². The SMILES string of the molecule is O=C1C2CC3[C@@H](CO[C@H]13)C2. The number of carbonyl (C=O) groups excluding carboxylic acids is 1. The lowest BCUT2D eigenvalue weighted by atomic mass is 9.90. The fraction of sp³-hybridized carbons (Fsp3) is 0.875. The second-order valence-corrected chi connectivity index (χ2v) is 3.75. The average molecular weight is 138 g/mol. The standard InChI is InChI=1S/C8H10O2/c9-7-4-1-5-3-10-8(7)6(5)2-4/h4-6,8H,1-3H2/t4?,5-,6?,8+/m1/s1. The molecule has 4 atom stereocenters. The van der Waals surface area contributed by atoms with Crippen molar-refractivity contribution in [3.05, 3.63) is 0 Å². The summed E-state index contributed by atoms with van der Waals surface area (Å²) in [6.45, 7) is 0.859. The summed E-state index contributed by atoms with van der Waals surface area (Å²) in [5, 5.41) is 0. The van der Waals surface area contributed by atoms with Crippen LogP contribution < -0.4 is 0 Å². The summed E-state index contributed by atoms with van der Waals surface area (Å²) in [5.41, 5.74) is 0. The van der Waals surface area contributed by atoms with Gasteiger partial charge >= 0.3 is 0 Å². The Kier molecular flexibility index (Phi) is 0.768. The van der Waals surface area contributed by atoms with Crippen LogP contribution in [0.4, 0.5) is 0 Å². The van der Waals surface area contributed by atoms with Crippen LogP contribution in [0.1, 0.15) is 12.8 Å². The molecule has 2 bridgehead atoms. The van der Waals surface area contributed by atoms with Crippen molar-refractivity contribution in [1.82, 2.24) is 0 Å². The van der Waals surface area contributed by atoms with E-state index in [-0.39, 0.29) is 6.10 Å². The number of fused-ring (bicyclic) bond motifs is 1. The van der Waals surface area contributed by atoms with Crippen molar-refractivity contribution in [2.24, 2.45) is 17.8 Å². The summed E-state index contributed by atoms with van der Waals surface area (Å²) in [7, 11) is 0. The quantitative estimate of drug-likeness (QED) is 0.490. The Morgan fingerprint density at radius 3 is 3.00 bits per heavy atom. The molecule has 2 unspecified atom stereocenters. The molecule has 3 fully saturated rings. The Hall–Kier alpha value is -0.370. The van der Waals surface area contributed by atoms with Crippen molar-refractivity contribution < 1.29 is 9.53 Å². The molecule has 0 aromatic rings. The lowest BCUT2D eigenvalue weighted by Gasteiger charge is -2.13. The van der Waals surface area contributed by atoms with E-state index in [9.17, 15) is 4.79 Å². The molecule has 2 saturated carbocycles. The highest BCUT2D eigenvalue weighted by Crippen LogP contribution is 2.51. The third-order valence-electron chi connectivity index (χ3n) is 3.31. The summed E-state index contributed by atoms with van der Waals surface area (Å²) < 4.78 is 5.39. The van der Waals surface area contributed by atoms with Crippen LogP contribution >= 0.6 is 0 Å². The largest absolute Gasteiger partial charge is 0.370 e. The van der Waals surface area contributed by atoms with E-state index in [0.29, 0.717) is 17.6 Å². The number of rotatable bonds is 0. The van der Waals surface area contributed by atoms with Gasteiger partial charge in [-0.15, -0.1) is 0 Å². The van der Waals surface area contributed by atoms with Crippen molar-refractivity contribution in [2.75, 3.05) is 6.61 Å². The van der Waals surface area contributed by atoms with Gasteiger partial charge in [0, 0.05) is 5.92 Å². The zero-order valence-electron chi connectivity index (χ0n) is 5.75. The molecule has 2 aliphatic carbocycles. The molecule has 0 N–H and O–H groups in total. The molecule has 10 heavy (non-hydrogen) atoms. The molecule has 0 amide bonds. The van der Waals surface area contributed by atoms with E-state index < -0.39 is 0 Å². The van der Waals surface area contributed by atoms with E-state index in [1.165, 1.54) is 0 Å². The minimum absolute atomic E-state index is 0.0312. The fourth-order valence-electron chi connectivity index (χ4n) is 2.83. The third-order valence-corrected chi connectivity index (χ3v) is 3.31. The van der Waals surface area contributed by atoms with Gasteiger partial charge in [0.25, 0.3) is 0 Å². The van der Waals surface area contributed by atoms with Gasteiger partial charge in [0.1, 0.15) is 6.10 Å². The third kappa shape index (κ3) is 0.409. The monoisotopic (exact) mass is 138 g/mol. The highest BCUT2D eigenvalue weighted by molar-refractivity contribution is 5.89. The summed E-state index contributed by atoms with van der Waals surface area (Å²) in [6.07, 6.45) is 2.29. The summed E-state index contributed by atoms with van der Waals surface area (Å²) in [5.74, 6) is 2.16. The molecule has 2 nitrogen and oxygen atoms in total. The first-order valence-corrected chi connectivity index (χ1v) is 4.01. The Bertz CT molecular complexity index is 197. The zero-order chi connectivity index (χ0) is 6.72. The van der Waals surface area contributed by atoms with E-state index in [1.807, 2.05) is 0 Å². The number of carbonyl (C=O) groups is 1. The van der Waals surface area contributed by atoms with Crippen LogP contribution in [0.2, 0.25) is 0 Å². The van der Waals surface area contributed by atoms with E-state index in [1.54, 1.807) is 0 Å². The number of ether oxygens (including phenoxy) is 1. The smallest absolute Gasteiger partial charge is 0.164 e. The Morgan fingerprint density at radius 2 is 2.30 bits per heavy atom. The van der Waals surface area contributed by atoms with Crippen LogP contribution in [-0.4, -0.2) is 18.5 Å². The van der Waals surface area contributed by atoms with E-state index in [0.717, 1.165) is 25.4 Å². The first-order chi connectivity index (χ1) is 4.86. The van der Waals surface area contributed by atoms with Gasteiger partial charge in [0.15, 0.2) is 5.78 Å². The van der Waals surface area contributed by atoms with Gasteiger partial charge < -0.3 is 4.74 Å². The van der Waals surface area contributed by atoms with E-state index >= 15 is 0 Å². The topological polar surface area (TPSA) is 26.3 Å². The maximum atomic E-state index is 11.3. The molecule has 3 rings (SSSR count). The molecule has 0 radical (unpaired) electrons. The lowest BCUT2D eigenvalue weighted by Crippen LogP contribution is -2.26. The van der Waals surface area contributed by atoms with Crippen molar-refractivity contribution >= 4 is 5.78 Å².